The van der Waals surface area contributed by atoms with E-state index in [1.165, 1.54) is 0 Å². The Kier molecular flexibility index (Phi) is 5.51. The molecule has 2 heteroatoms. The largest absolute Gasteiger partial charge is 0.396 e. The Bertz CT molecular complexity index is 93.6. The molecule has 0 saturated carbocycles. The third-order valence-corrected chi connectivity index (χ3v) is 2.34. The molecule has 0 aliphatic heterocycles. The van der Waals surface area contributed by atoms with E-state index in [4.69, 9.17) is 10.8 Å². The average Bonchev–Trinajstić information content (AvgIpc) is 1.98. The molecule has 0 amide bonds. The van der Waals surface area contributed by atoms with Gasteiger partial charge in [-0.15, -0.1) is 0 Å². The highest BCUT2D eigenvalue weighted by Gasteiger charge is 2.18. The summed E-state index contributed by atoms with van der Waals surface area (Å²) in [6.45, 7) is 6.68. The fraction of sp³-hybridized carbons (Fsp3) is 1.00. The van der Waals surface area contributed by atoms with Crippen molar-refractivity contribution < 1.29 is 5.11 Å². The molecule has 11 heavy (non-hydrogen) atoms. The molecule has 2 unspecified atom stereocenters. The van der Waals surface area contributed by atoms with Crippen molar-refractivity contribution in [2.75, 3.05) is 6.61 Å². The van der Waals surface area contributed by atoms with E-state index in [1.54, 1.807) is 0 Å². The van der Waals surface area contributed by atoms with Gasteiger partial charge in [-0.1, -0.05) is 20.8 Å². The topological polar surface area (TPSA) is 46.2 Å². The van der Waals surface area contributed by atoms with E-state index in [-0.39, 0.29) is 12.6 Å². The Morgan fingerprint density at radius 2 is 1.91 bits per heavy atom. The first-order chi connectivity index (χ1) is 5.13. The molecule has 68 valence electrons. The smallest absolute Gasteiger partial charge is 0.0434 e. The molecule has 0 saturated heterocycles. The summed E-state index contributed by atoms with van der Waals surface area (Å²) < 4.78 is 0. The van der Waals surface area contributed by atoms with E-state index in [1.807, 2.05) is 0 Å². The molecule has 0 radical (unpaired) electrons. The molecule has 2 nitrogen and oxygen atoms in total. The van der Waals surface area contributed by atoms with Gasteiger partial charge in [-0.2, -0.15) is 0 Å². The van der Waals surface area contributed by atoms with Gasteiger partial charge in [0, 0.05) is 12.6 Å². The minimum Gasteiger partial charge on any atom is -0.396 e. The van der Waals surface area contributed by atoms with Crippen molar-refractivity contribution in [2.45, 2.75) is 39.7 Å². The minimum atomic E-state index is 0.252. The van der Waals surface area contributed by atoms with Crippen LogP contribution in [-0.2, 0) is 0 Å². The van der Waals surface area contributed by atoms with Crippen LogP contribution in [-0.4, -0.2) is 17.8 Å². The maximum absolute atomic E-state index is 8.77. The summed E-state index contributed by atoms with van der Waals surface area (Å²) in [5, 5.41) is 8.77. The van der Waals surface area contributed by atoms with Gasteiger partial charge in [-0.3, -0.25) is 0 Å². The highest BCUT2D eigenvalue weighted by molar-refractivity contribution is 4.73. The van der Waals surface area contributed by atoms with Crippen LogP contribution in [0.4, 0.5) is 0 Å². The van der Waals surface area contributed by atoms with Crippen LogP contribution in [0, 0.1) is 11.8 Å². The predicted molar refractivity (Wildman–Crippen MR) is 48.3 cm³/mol. The first kappa shape index (κ1) is 10.9. The molecule has 0 aliphatic carbocycles. The Hall–Kier alpha value is -0.0800. The Morgan fingerprint density at radius 3 is 2.18 bits per heavy atom. The molecule has 0 aromatic heterocycles. The van der Waals surface area contributed by atoms with Crippen LogP contribution in [0.1, 0.15) is 33.6 Å². The molecule has 2 atom stereocenters. The van der Waals surface area contributed by atoms with Crippen LogP contribution in [0.3, 0.4) is 0 Å². The first-order valence-electron chi connectivity index (χ1n) is 4.49. The lowest BCUT2D eigenvalue weighted by Gasteiger charge is -2.25. The van der Waals surface area contributed by atoms with Crippen LogP contribution in [0.25, 0.3) is 0 Å². The van der Waals surface area contributed by atoms with Gasteiger partial charge in [0.15, 0.2) is 0 Å². The maximum Gasteiger partial charge on any atom is 0.0434 e. The van der Waals surface area contributed by atoms with Gasteiger partial charge in [0.05, 0.1) is 0 Å². The molecule has 0 spiro atoms. The predicted octanol–water partition coefficient (Wildman–Crippen LogP) is 1.38. The Labute approximate surface area is 69.8 Å². The third-order valence-electron chi connectivity index (χ3n) is 2.34. The van der Waals surface area contributed by atoms with Gasteiger partial charge in [-0.25, -0.2) is 0 Å². The lowest BCUT2D eigenvalue weighted by atomic mass is 9.85. The van der Waals surface area contributed by atoms with Crippen LogP contribution in [0.5, 0.6) is 0 Å². The number of nitrogens with two attached hydrogens (primary N) is 1. The van der Waals surface area contributed by atoms with Crippen molar-refractivity contribution in [3.8, 4) is 0 Å². The second kappa shape index (κ2) is 5.56. The standard InChI is InChI=1S/C9H21NO/c1-4-9(10)8(5-6-11)7(2)3/h7-9,11H,4-6,10H2,1-3H3. The van der Waals surface area contributed by atoms with Gasteiger partial charge in [-0.05, 0) is 24.7 Å². The number of hydrogen-bond acceptors (Lipinski definition) is 2. The van der Waals surface area contributed by atoms with E-state index in [0.717, 1.165) is 12.8 Å². The second-order valence-corrected chi connectivity index (χ2v) is 3.49. The van der Waals surface area contributed by atoms with Crippen molar-refractivity contribution in [3.05, 3.63) is 0 Å². The summed E-state index contributed by atoms with van der Waals surface area (Å²) in [6, 6.07) is 0.252. The Morgan fingerprint density at radius 1 is 1.36 bits per heavy atom. The van der Waals surface area contributed by atoms with Gasteiger partial charge >= 0.3 is 0 Å². The van der Waals surface area contributed by atoms with Crippen molar-refractivity contribution in [1.82, 2.24) is 0 Å². The summed E-state index contributed by atoms with van der Waals surface area (Å²) in [6.07, 6.45) is 1.84. The van der Waals surface area contributed by atoms with E-state index >= 15 is 0 Å². The molecule has 0 heterocycles. The zero-order valence-electron chi connectivity index (χ0n) is 7.88. The molecule has 0 aliphatic rings. The highest BCUT2D eigenvalue weighted by Crippen LogP contribution is 2.19. The van der Waals surface area contributed by atoms with E-state index in [2.05, 4.69) is 20.8 Å². The number of aliphatic hydroxyl groups excluding tert-OH is 1. The normalized spacial score (nSPS) is 16.9. The molecule has 0 rings (SSSR count). The second-order valence-electron chi connectivity index (χ2n) is 3.49. The molecule has 0 aromatic carbocycles. The van der Waals surface area contributed by atoms with E-state index < -0.39 is 0 Å². The van der Waals surface area contributed by atoms with Crippen molar-refractivity contribution in [3.63, 3.8) is 0 Å². The molecule has 0 bridgehead atoms. The molecular formula is C9H21NO. The fourth-order valence-electron chi connectivity index (χ4n) is 1.49. The zero-order chi connectivity index (χ0) is 8.85. The lowest BCUT2D eigenvalue weighted by molar-refractivity contribution is 0.207. The van der Waals surface area contributed by atoms with Gasteiger partial charge in [0.2, 0.25) is 0 Å². The van der Waals surface area contributed by atoms with Crippen molar-refractivity contribution in [1.29, 1.82) is 0 Å². The summed E-state index contributed by atoms with van der Waals surface area (Å²) in [7, 11) is 0. The van der Waals surface area contributed by atoms with Gasteiger partial charge < -0.3 is 10.8 Å². The summed E-state index contributed by atoms with van der Waals surface area (Å²) in [5.74, 6) is 1.06. The molecule has 0 aromatic rings. The first-order valence-corrected chi connectivity index (χ1v) is 4.49. The summed E-state index contributed by atoms with van der Waals surface area (Å²) in [5.41, 5.74) is 5.89. The number of aliphatic hydroxyl groups is 1. The lowest BCUT2D eigenvalue weighted by Crippen LogP contribution is -2.33. The third kappa shape index (κ3) is 3.73. The fourth-order valence-corrected chi connectivity index (χ4v) is 1.49. The van der Waals surface area contributed by atoms with Crippen LogP contribution in [0.2, 0.25) is 0 Å². The molecule has 0 fully saturated rings. The van der Waals surface area contributed by atoms with Gasteiger partial charge in [0.1, 0.15) is 0 Å². The Balaban J connectivity index is 3.87. The van der Waals surface area contributed by atoms with Crippen molar-refractivity contribution >= 4 is 0 Å². The summed E-state index contributed by atoms with van der Waals surface area (Å²) in [4.78, 5) is 0. The molecule has 3 N–H and O–H groups in total. The van der Waals surface area contributed by atoms with Crippen molar-refractivity contribution in [2.24, 2.45) is 17.6 Å². The highest BCUT2D eigenvalue weighted by atomic mass is 16.3. The minimum absolute atomic E-state index is 0.252. The van der Waals surface area contributed by atoms with Crippen LogP contribution in [0.15, 0.2) is 0 Å². The van der Waals surface area contributed by atoms with Crippen LogP contribution >= 0.6 is 0 Å². The maximum atomic E-state index is 8.77. The number of hydrogen-bond donors (Lipinski definition) is 2. The monoisotopic (exact) mass is 159 g/mol. The number of rotatable bonds is 5. The molecular weight excluding hydrogens is 138 g/mol. The van der Waals surface area contributed by atoms with Gasteiger partial charge in [0.25, 0.3) is 0 Å². The van der Waals surface area contributed by atoms with Crippen LogP contribution < -0.4 is 5.73 Å². The van der Waals surface area contributed by atoms with E-state index in [9.17, 15) is 0 Å². The van der Waals surface area contributed by atoms with E-state index in [0.29, 0.717) is 11.8 Å². The summed E-state index contributed by atoms with van der Waals surface area (Å²) >= 11 is 0. The SMILES string of the molecule is CCC(N)C(CCO)C(C)C. The quantitative estimate of drug-likeness (QED) is 0.636. The average molecular weight is 159 g/mol. The zero-order valence-corrected chi connectivity index (χ0v) is 7.88.